The summed E-state index contributed by atoms with van der Waals surface area (Å²) in [6.45, 7) is 1.37. The predicted octanol–water partition coefficient (Wildman–Crippen LogP) is 2.41. The highest BCUT2D eigenvalue weighted by Gasteiger charge is 2.42. The number of sulfonamides is 1. The first-order valence-corrected chi connectivity index (χ1v) is 10.5. The molecule has 8 heteroatoms. The van der Waals surface area contributed by atoms with Gasteiger partial charge < -0.3 is 15.4 Å². The van der Waals surface area contributed by atoms with Gasteiger partial charge in [0, 0.05) is 32.9 Å². The maximum absolute atomic E-state index is 12.2. The van der Waals surface area contributed by atoms with Gasteiger partial charge in [-0.2, -0.15) is 0 Å². The lowest BCUT2D eigenvalue weighted by atomic mass is 9.72. The molecule has 0 unspecified atom stereocenters. The number of amides is 2. The number of benzene rings is 1. The second-order valence-electron chi connectivity index (χ2n) is 7.39. The molecule has 144 valence electrons. The molecule has 2 aliphatic rings. The molecule has 7 nitrogen and oxygen atoms in total. The fraction of sp³-hybridized carbons (Fsp3) is 0.611. The first-order valence-electron chi connectivity index (χ1n) is 9.02. The summed E-state index contributed by atoms with van der Waals surface area (Å²) in [6.07, 6.45) is 5.45. The van der Waals surface area contributed by atoms with Crippen LogP contribution in [0.15, 0.2) is 29.2 Å². The topological polar surface area (TPSA) is 87.7 Å². The molecule has 1 aromatic carbocycles. The number of anilines is 1. The molecule has 0 aromatic heterocycles. The first kappa shape index (κ1) is 19.1. The number of carbonyl (C=O) groups excluding carboxylic acids is 1. The largest absolute Gasteiger partial charge is 0.375 e. The van der Waals surface area contributed by atoms with E-state index in [1.54, 1.807) is 12.1 Å². The van der Waals surface area contributed by atoms with Gasteiger partial charge >= 0.3 is 6.03 Å². The van der Waals surface area contributed by atoms with Crippen LogP contribution in [0.25, 0.3) is 0 Å². The summed E-state index contributed by atoms with van der Waals surface area (Å²) in [5.74, 6) is 0.426. The van der Waals surface area contributed by atoms with Crippen LogP contribution < -0.4 is 10.6 Å². The number of rotatable bonds is 5. The van der Waals surface area contributed by atoms with E-state index in [4.69, 9.17) is 4.74 Å². The van der Waals surface area contributed by atoms with E-state index in [1.807, 2.05) is 0 Å². The zero-order valence-corrected chi connectivity index (χ0v) is 16.1. The van der Waals surface area contributed by atoms with Gasteiger partial charge in [0.2, 0.25) is 10.0 Å². The smallest absolute Gasteiger partial charge is 0.319 e. The van der Waals surface area contributed by atoms with Crippen LogP contribution in [0.2, 0.25) is 0 Å². The summed E-state index contributed by atoms with van der Waals surface area (Å²) in [5.41, 5.74) is 0.517. The van der Waals surface area contributed by atoms with Crippen LogP contribution >= 0.6 is 0 Å². The van der Waals surface area contributed by atoms with Crippen molar-refractivity contribution in [3.8, 4) is 0 Å². The third kappa shape index (κ3) is 4.19. The Morgan fingerprint density at radius 1 is 1.35 bits per heavy atom. The van der Waals surface area contributed by atoms with Crippen molar-refractivity contribution < 1.29 is 17.9 Å². The minimum atomic E-state index is -3.53. The summed E-state index contributed by atoms with van der Waals surface area (Å²) >= 11 is 0. The van der Waals surface area contributed by atoms with Crippen molar-refractivity contribution in [3.05, 3.63) is 24.3 Å². The van der Waals surface area contributed by atoms with Crippen LogP contribution in [0.1, 0.15) is 32.1 Å². The lowest BCUT2D eigenvalue weighted by molar-refractivity contribution is -0.142. The molecule has 1 aliphatic heterocycles. The Balaban J connectivity index is 1.54. The number of hydrogen-bond acceptors (Lipinski definition) is 4. The molecule has 1 saturated carbocycles. The van der Waals surface area contributed by atoms with Crippen molar-refractivity contribution in [2.24, 2.45) is 5.92 Å². The van der Waals surface area contributed by atoms with E-state index in [2.05, 4.69) is 10.6 Å². The fourth-order valence-electron chi connectivity index (χ4n) is 3.58. The molecule has 1 heterocycles. The van der Waals surface area contributed by atoms with Crippen LogP contribution in [0.4, 0.5) is 10.5 Å². The molecule has 1 spiro atoms. The Morgan fingerprint density at radius 2 is 2.12 bits per heavy atom. The third-order valence-electron chi connectivity index (χ3n) is 5.28. The van der Waals surface area contributed by atoms with Crippen molar-refractivity contribution in [3.63, 3.8) is 0 Å². The Bertz CT molecular complexity index is 759. The molecular formula is C18H27N3O4S. The van der Waals surface area contributed by atoms with E-state index in [-0.39, 0.29) is 16.5 Å². The summed E-state index contributed by atoms with van der Waals surface area (Å²) in [7, 11) is -0.572. The summed E-state index contributed by atoms with van der Waals surface area (Å²) in [6, 6.07) is 5.95. The Labute approximate surface area is 155 Å². The van der Waals surface area contributed by atoms with Gasteiger partial charge in [-0.15, -0.1) is 0 Å². The molecule has 2 N–H and O–H groups in total. The molecule has 3 rings (SSSR count). The second-order valence-corrected chi connectivity index (χ2v) is 9.55. The molecule has 1 atom stereocenters. The zero-order chi connectivity index (χ0) is 18.8. The summed E-state index contributed by atoms with van der Waals surface area (Å²) < 4.78 is 31.4. The standard InChI is InChI=1S/C18H27N3O4S/c1-21(2)26(23,24)16-6-3-5-15(11-16)20-17(22)19-13-14-7-10-25-18(12-14)8-4-9-18/h3,5-6,11,14H,4,7-10,12-13H2,1-2H3,(H2,19,20,22)/t14-/m1/s1. The molecule has 1 aliphatic carbocycles. The maximum atomic E-state index is 12.2. The van der Waals surface area contributed by atoms with Gasteiger partial charge in [-0.05, 0) is 56.2 Å². The van der Waals surface area contributed by atoms with Crippen molar-refractivity contribution in [2.45, 2.75) is 42.6 Å². The Morgan fingerprint density at radius 3 is 2.77 bits per heavy atom. The molecule has 0 bridgehead atoms. The fourth-order valence-corrected chi connectivity index (χ4v) is 4.53. The molecule has 1 saturated heterocycles. The number of nitrogens with zero attached hydrogens (tertiary/aromatic N) is 1. The molecular weight excluding hydrogens is 354 g/mol. The number of urea groups is 1. The van der Waals surface area contributed by atoms with Gasteiger partial charge in [0.1, 0.15) is 0 Å². The third-order valence-corrected chi connectivity index (χ3v) is 7.09. The SMILES string of the molecule is CN(C)S(=O)(=O)c1cccc(NC(=O)NC[C@@H]2CCOC3(CCC3)C2)c1. The quantitative estimate of drug-likeness (QED) is 0.820. The van der Waals surface area contributed by atoms with Crippen molar-refractivity contribution >= 4 is 21.7 Å². The lowest BCUT2D eigenvalue weighted by Gasteiger charge is -2.47. The van der Waals surface area contributed by atoms with E-state index < -0.39 is 10.0 Å². The van der Waals surface area contributed by atoms with Crippen molar-refractivity contribution in [2.75, 3.05) is 32.6 Å². The van der Waals surface area contributed by atoms with Crippen LogP contribution in [0.3, 0.4) is 0 Å². The summed E-state index contributed by atoms with van der Waals surface area (Å²) in [4.78, 5) is 12.3. The van der Waals surface area contributed by atoms with Gasteiger partial charge in [0.05, 0.1) is 10.5 Å². The van der Waals surface area contributed by atoms with Gasteiger partial charge in [-0.3, -0.25) is 0 Å². The van der Waals surface area contributed by atoms with E-state index >= 15 is 0 Å². The first-order chi connectivity index (χ1) is 12.3. The second kappa shape index (κ2) is 7.54. The Kier molecular flexibility index (Phi) is 5.55. The van der Waals surface area contributed by atoms with E-state index in [9.17, 15) is 13.2 Å². The average Bonchev–Trinajstić information content (AvgIpc) is 2.59. The molecule has 0 radical (unpaired) electrons. The highest BCUT2D eigenvalue weighted by atomic mass is 32.2. The predicted molar refractivity (Wildman–Crippen MR) is 99.6 cm³/mol. The molecule has 1 aromatic rings. The lowest BCUT2D eigenvalue weighted by Crippen LogP contribution is -2.47. The summed E-state index contributed by atoms with van der Waals surface area (Å²) in [5, 5.41) is 5.62. The van der Waals surface area contributed by atoms with E-state index in [1.165, 1.54) is 32.6 Å². The highest BCUT2D eigenvalue weighted by Crippen LogP contribution is 2.44. The van der Waals surface area contributed by atoms with Crippen LogP contribution in [-0.4, -0.2) is 51.6 Å². The van der Waals surface area contributed by atoms with Crippen LogP contribution in [-0.2, 0) is 14.8 Å². The number of hydrogen-bond donors (Lipinski definition) is 2. The van der Waals surface area contributed by atoms with Gasteiger partial charge in [0.15, 0.2) is 0 Å². The number of nitrogens with one attached hydrogen (secondary N) is 2. The van der Waals surface area contributed by atoms with Crippen molar-refractivity contribution in [1.29, 1.82) is 0 Å². The van der Waals surface area contributed by atoms with Gasteiger partial charge in [-0.25, -0.2) is 17.5 Å². The molecule has 2 amide bonds. The number of ether oxygens (including phenoxy) is 1. The van der Waals surface area contributed by atoms with Gasteiger partial charge in [0.25, 0.3) is 0 Å². The maximum Gasteiger partial charge on any atom is 0.319 e. The van der Waals surface area contributed by atoms with Crippen molar-refractivity contribution in [1.82, 2.24) is 9.62 Å². The van der Waals surface area contributed by atoms with E-state index in [0.717, 1.165) is 36.6 Å². The van der Waals surface area contributed by atoms with Crippen LogP contribution in [0, 0.1) is 5.92 Å². The minimum absolute atomic E-state index is 0.0654. The van der Waals surface area contributed by atoms with Crippen LogP contribution in [0.5, 0.6) is 0 Å². The highest BCUT2D eigenvalue weighted by molar-refractivity contribution is 7.89. The Hall–Kier alpha value is -1.64. The van der Waals surface area contributed by atoms with E-state index in [0.29, 0.717) is 18.2 Å². The molecule has 26 heavy (non-hydrogen) atoms. The minimum Gasteiger partial charge on any atom is -0.375 e. The molecule has 2 fully saturated rings. The van der Waals surface area contributed by atoms with Gasteiger partial charge in [-0.1, -0.05) is 6.07 Å². The number of carbonyl (C=O) groups is 1. The normalized spacial score (nSPS) is 22.0. The average molecular weight is 381 g/mol. The zero-order valence-electron chi connectivity index (χ0n) is 15.3. The monoisotopic (exact) mass is 381 g/mol.